The summed E-state index contributed by atoms with van der Waals surface area (Å²) in [6.07, 6.45) is 2.26. The molecule has 2 aromatic heterocycles. The first-order valence-corrected chi connectivity index (χ1v) is 10.1. The van der Waals surface area contributed by atoms with Crippen LogP contribution < -0.4 is 4.74 Å². The van der Waals surface area contributed by atoms with E-state index in [0.717, 1.165) is 17.5 Å². The predicted octanol–water partition coefficient (Wildman–Crippen LogP) is 3.43. The lowest BCUT2D eigenvalue weighted by atomic mass is 10.2. The van der Waals surface area contributed by atoms with Crippen LogP contribution in [-0.4, -0.2) is 49.9 Å². The van der Waals surface area contributed by atoms with Crippen molar-refractivity contribution >= 4 is 5.91 Å². The molecule has 1 unspecified atom stereocenters. The Hall–Kier alpha value is -3.94. The average molecular weight is 415 g/mol. The third-order valence-electron chi connectivity index (χ3n) is 5.34. The number of aryl methyl sites for hydroxylation is 1. The zero-order valence-electron chi connectivity index (χ0n) is 17.0. The van der Waals surface area contributed by atoms with Crippen LogP contribution in [0.15, 0.2) is 71.4 Å². The van der Waals surface area contributed by atoms with Gasteiger partial charge >= 0.3 is 0 Å². The second-order valence-electron chi connectivity index (χ2n) is 7.41. The Morgan fingerprint density at radius 1 is 1.10 bits per heavy atom. The molecule has 0 spiro atoms. The number of benzene rings is 2. The van der Waals surface area contributed by atoms with Crippen molar-refractivity contribution in [3.63, 3.8) is 0 Å². The molecule has 0 N–H and O–H groups in total. The van der Waals surface area contributed by atoms with E-state index >= 15 is 0 Å². The van der Waals surface area contributed by atoms with Crippen LogP contribution in [0.5, 0.6) is 5.75 Å². The van der Waals surface area contributed by atoms with E-state index in [-0.39, 0.29) is 12.0 Å². The summed E-state index contributed by atoms with van der Waals surface area (Å²) in [7, 11) is 1.77. The Balaban J connectivity index is 1.32. The lowest BCUT2D eigenvalue weighted by Gasteiger charge is -2.18. The first-order chi connectivity index (χ1) is 15.2. The third kappa shape index (κ3) is 3.79. The second kappa shape index (κ2) is 8.06. The van der Waals surface area contributed by atoms with Crippen molar-refractivity contribution in [1.82, 2.24) is 24.8 Å². The quantitative estimate of drug-likeness (QED) is 0.496. The lowest BCUT2D eigenvalue weighted by molar-refractivity contribution is 0.0761. The van der Waals surface area contributed by atoms with Crippen LogP contribution in [0.1, 0.15) is 16.9 Å². The minimum atomic E-state index is -0.116. The Morgan fingerprint density at radius 3 is 2.71 bits per heavy atom. The first-order valence-electron chi connectivity index (χ1n) is 10.1. The Labute approximate surface area is 179 Å². The van der Waals surface area contributed by atoms with Gasteiger partial charge in [0.15, 0.2) is 0 Å². The molecule has 1 aliphatic rings. The maximum absolute atomic E-state index is 12.7. The van der Waals surface area contributed by atoms with E-state index in [1.807, 2.05) is 54.6 Å². The van der Waals surface area contributed by atoms with Gasteiger partial charge < -0.3 is 14.2 Å². The number of amides is 1. The molecule has 1 atom stereocenters. The number of hydrogen-bond donors (Lipinski definition) is 0. The maximum Gasteiger partial charge on any atom is 0.272 e. The van der Waals surface area contributed by atoms with Crippen LogP contribution in [0.4, 0.5) is 0 Å². The van der Waals surface area contributed by atoms with Gasteiger partial charge in [-0.1, -0.05) is 47.6 Å². The average Bonchev–Trinajstić information content (AvgIpc) is 3.55. The fourth-order valence-corrected chi connectivity index (χ4v) is 3.72. The van der Waals surface area contributed by atoms with Crippen LogP contribution in [-0.2, 0) is 7.05 Å². The first kappa shape index (κ1) is 19.0. The monoisotopic (exact) mass is 415 g/mol. The normalized spacial score (nSPS) is 15.9. The minimum absolute atomic E-state index is 0.0382. The predicted molar refractivity (Wildman–Crippen MR) is 113 cm³/mol. The lowest BCUT2D eigenvalue weighted by Crippen LogP contribution is -2.32. The van der Waals surface area contributed by atoms with E-state index < -0.39 is 0 Å². The molecule has 4 aromatic rings. The molecule has 1 amide bonds. The van der Waals surface area contributed by atoms with E-state index in [1.165, 1.54) is 0 Å². The van der Waals surface area contributed by atoms with Crippen LogP contribution in [0, 0.1) is 0 Å². The highest BCUT2D eigenvalue weighted by Gasteiger charge is 2.30. The van der Waals surface area contributed by atoms with Gasteiger partial charge in [0.2, 0.25) is 5.82 Å². The Kier molecular flexibility index (Phi) is 4.95. The summed E-state index contributed by atoms with van der Waals surface area (Å²) in [4.78, 5) is 19.1. The van der Waals surface area contributed by atoms with Gasteiger partial charge in [0.05, 0.1) is 12.1 Å². The number of hydrogen-bond acceptors (Lipinski definition) is 6. The zero-order valence-corrected chi connectivity index (χ0v) is 17.0. The molecule has 0 bridgehead atoms. The van der Waals surface area contributed by atoms with E-state index in [1.54, 1.807) is 28.9 Å². The van der Waals surface area contributed by atoms with Crippen molar-refractivity contribution in [3.8, 4) is 28.6 Å². The van der Waals surface area contributed by atoms with Crippen molar-refractivity contribution in [2.24, 2.45) is 7.05 Å². The van der Waals surface area contributed by atoms with Gasteiger partial charge in [0.25, 0.3) is 11.8 Å². The largest absolute Gasteiger partial charge is 0.488 e. The van der Waals surface area contributed by atoms with Gasteiger partial charge in [-0.15, -0.1) is 0 Å². The minimum Gasteiger partial charge on any atom is -0.488 e. The smallest absolute Gasteiger partial charge is 0.272 e. The highest BCUT2D eigenvalue weighted by molar-refractivity contribution is 5.92. The maximum atomic E-state index is 12.7. The van der Waals surface area contributed by atoms with E-state index in [9.17, 15) is 4.79 Å². The molecule has 0 aliphatic carbocycles. The Morgan fingerprint density at radius 2 is 1.90 bits per heavy atom. The van der Waals surface area contributed by atoms with Crippen molar-refractivity contribution in [2.75, 3.05) is 13.1 Å². The van der Waals surface area contributed by atoms with Gasteiger partial charge in [0.1, 0.15) is 17.5 Å². The van der Waals surface area contributed by atoms with Gasteiger partial charge in [-0.2, -0.15) is 10.1 Å². The number of nitrogens with zero attached hydrogens (tertiary/aromatic N) is 5. The standard InChI is InChI=1S/C23H21N5O3/c1-27-19(11-13-24-27)23(29)28-14-12-17(15-28)30-20-10-6-5-9-18(20)22-25-21(26-31-22)16-7-3-2-4-8-16/h2-11,13,17H,12,14-15H2,1H3. The van der Waals surface area contributed by atoms with Gasteiger partial charge in [-0.05, 0) is 18.2 Å². The summed E-state index contributed by atoms with van der Waals surface area (Å²) in [5.41, 5.74) is 2.19. The molecule has 8 nitrogen and oxygen atoms in total. The molecular formula is C23H21N5O3. The number of rotatable bonds is 5. The third-order valence-corrected chi connectivity index (χ3v) is 5.34. The van der Waals surface area contributed by atoms with E-state index in [4.69, 9.17) is 9.26 Å². The molecule has 1 saturated heterocycles. The molecule has 31 heavy (non-hydrogen) atoms. The number of likely N-dealkylation sites (tertiary alicyclic amines) is 1. The summed E-state index contributed by atoms with van der Waals surface area (Å²) in [6, 6.07) is 19.0. The molecule has 1 fully saturated rings. The van der Waals surface area contributed by atoms with Crippen molar-refractivity contribution in [1.29, 1.82) is 0 Å². The van der Waals surface area contributed by atoms with Crippen LogP contribution >= 0.6 is 0 Å². The van der Waals surface area contributed by atoms with Crippen LogP contribution in [0.3, 0.4) is 0 Å². The zero-order chi connectivity index (χ0) is 21.2. The van der Waals surface area contributed by atoms with Crippen LogP contribution in [0.25, 0.3) is 22.8 Å². The SMILES string of the molecule is Cn1nccc1C(=O)N1CCC(Oc2ccccc2-c2nc(-c3ccccc3)no2)C1. The fraction of sp³-hybridized carbons (Fsp3) is 0.217. The topological polar surface area (TPSA) is 86.3 Å². The molecule has 156 valence electrons. The summed E-state index contributed by atoms with van der Waals surface area (Å²) >= 11 is 0. The summed E-state index contributed by atoms with van der Waals surface area (Å²) in [6.45, 7) is 1.15. The summed E-state index contributed by atoms with van der Waals surface area (Å²) in [5, 5.41) is 8.18. The fourth-order valence-electron chi connectivity index (χ4n) is 3.72. The molecule has 3 heterocycles. The molecule has 0 saturated carbocycles. The van der Waals surface area contributed by atoms with Crippen molar-refractivity contribution in [2.45, 2.75) is 12.5 Å². The highest BCUT2D eigenvalue weighted by atomic mass is 16.5. The van der Waals surface area contributed by atoms with E-state index in [0.29, 0.717) is 36.2 Å². The van der Waals surface area contributed by atoms with Crippen molar-refractivity contribution < 1.29 is 14.1 Å². The van der Waals surface area contributed by atoms with Crippen molar-refractivity contribution in [3.05, 3.63) is 72.6 Å². The number of carbonyl (C=O) groups is 1. The van der Waals surface area contributed by atoms with Gasteiger partial charge in [0, 0.05) is 31.8 Å². The molecule has 8 heteroatoms. The molecule has 1 aliphatic heterocycles. The number of aromatic nitrogens is 4. The van der Waals surface area contributed by atoms with Crippen LogP contribution in [0.2, 0.25) is 0 Å². The molecule has 5 rings (SSSR count). The second-order valence-corrected chi connectivity index (χ2v) is 7.41. The Bertz CT molecular complexity index is 1200. The number of para-hydroxylation sites is 1. The molecular weight excluding hydrogens is 394 g/mol. The number of ether oxygens (including phenoxy) is 1. The van der Waals surface area contributed by atoms with Gasteiger partial charge in [-0.25, -0.2) is 0 Å². The highest BCUT2D eigenvalue weighted by Crippen LogP contribution is 2.32. The summed E-state index contributed by atoms with van der Waals surface area (Å²) < 4.78 is 13.4. The van der Waals surface area contributed by atoms with Gasteiger partial charge in [-0.3, -0.25) is 9.48 Å². The summed E-state index contributed by atoms with van der Waals surface area (Å²) in [5.74, 6) is 1.55. The molecule has 2 aromatic carbocycles. The number of carbonyl (C=O) groups excluding carboxylic acids is 1. The molecule has 0 radical (unpaired) electrons. The van der Waals surface area contributed by atoms with E-state index in [2.05, 4.69) is 15.2 Å².